The Morgan fingerprint density at radius 1 is 1.71 bits per heavy atom. The van der Waals surface area contributed by atoms with Crippen molar-refractivity contribution >= 4 is 16.5 Å². The Morgan fingerprint density at radius 3 is 3.14 bits per heavy atom. The first-order chi connectivity index (χ1) is 6.83. The first-order valence-corrected chi connectivity index (χ1v) is 6.01. The van der Waals surface area contributed by atoms with Crippen molar-refractivity contribution in [2.75, 3.05) is 24.6 Å². The molecule has 1 fully saturated rings. The van der Waals surface area contributed by atoms with Crippen molar-refractivity contribution < 1.29 is 5.11 Å². The standard InChI is InChI=1S/C10H16N2OS/c1-2-9-7-14-10(11-9)12-4-3-8(5-12)6-13/h7-8,13H,2-6H2,1H3. The number of hydrogen-bond donors (Lipinski definition) is 1. The minimum atomic E-state index is 0.308. The number of aryl methyl sites for hydroxylation is 1. The smallest absolute Gasteiger partial charge is 0.185 e. The highest BCUT2D eigenvalue weighted by Crippen LogP contribution is 2.26. The molecule has 0 spiro atoms. The fraction of sp³-hybridized carbons (Fsp3) is 0.700. The van der Waals surface area contributed by atoms with E-state index in [2.05, 4.69) is 22.2 Å². The summed E-state index contributed by atoms with van der Waals surface area (Å²) in [5, 5.41) is 12.3. The summed E-state index contributed by atoms with van der Waals surface area (Å²) < 4.78 is 0. The van der Waals surface area contributed by atoms with E-state index in [1.54, 1.807) is 11.3 Å². The molecule has 2 heterocycles. The second-order valence-electron chi connectivity index (χ2n) is 3.76. The van der Waals surface area contributed by atoms with Crippen molar-refractivity contribution in [2.45, 2.75) is 19.8 Å². The number of aliphatic hydroxyl groups is 1. The van der Waals surface area contributed by atoms with E-state index in [9.17, 15) is 0 Å². The van der Waals surface area contributed by atoms with Crippen LogP contribution in [0.4, 0.5) is 5.13 Å². The summed E-state index contributed by atoms with van der Waals surface area (Å²) in [7, 11) is 0. The lowest BCUT2D eigenvalue weighted by Gasteiger charge is -2.13. The van der Waals surface area contributed by atoms with E-state index >= 15 is 0 Å². The van der Waals surface area contributed by atoms with Gasteiger partial charge in [-0.05, 0) is 12.8 Å². The second-order valence-corrected chi connectivity index (χ2v) is 4.59. The van der Waals surface area contributed by atoms with Gasteiger partial charge in [-0.1, -0.05) is 6.92 Å². The molecule has 0 bridgehead atoms. The molecule has 0 amide bonds. The van der Waals surface area contributed by atoms with Crippen molar-refractivity contribution in [2.24, 2.45) is 5.92 Å². The van der Waals surface area contributed by atoms with Crippen LogP contribution in [0.25, 0.3) is 0 Å². The van der Waals surface area contributed by atoms with E-state index in [1.807, 2.05) is 0 Å². The molecule has 0 radical (unpaired) electrons. The lowest BCUT2D eigenvalue weighted by atomic mass is 10.1. The van der Waals surface area contributed by atoms with Gasteiger partial charge in [0.25, 0.3) is 0 Å². The maximum Gasteiger partial charge on any atom is 0.185 e. The maximum atomic E-state index is 9.04. The number of aliphatic hydroxyl groups excluding tert-OH is 1. The fourth-order valence-corrected chi connectivity index (χ4v) is 2.71. The van der Waals surface area contributed by atoms with Crippen molar-refractivity contribution in [3.8, 4) is 0 Å². The van der Waals surface area contributed by atoms with Gasteiger partial charge in [0.15, 0.2) is 5.13 Å². The molecule has 1 aromatic heterocycles. The molecular formula is C10H16N2OS. The van der Waals surface area contributed by atoms with Crippen molar-refractivity contribution in [3.63, 3.8) is 0 Å². The molecule has 1 aliphatic rings. The maximum absolute atomic E-state index is 9.04. The number of nitrogens with zero attached hydrogens (tertiary/aromatic N) is 2. The Kier molecular flexibility index (Phi) is 3.03. The summed E-state index contributed by atoms with van der Waals surface area (Å²) in [4.78, 5) is 6.82. The molecule has 14 heavy (non-hydrogen) atoms. The Hall–Kier alpha value is -0.610. The highest BCUT2D eigenvalue weighted by molar-refractivity contribution is 7.13. The summed E-state index contributed by atoms with van der Waals surface area (Å²) in [5.74, 6) is 0.448. The lowest BCUT2D eigenvalue weighted by molar-refractivity contribution is 0.238. The Morgan fingerprint density at radius 2 is 2.57 bits per heavy atom. The zero-order valence-electron chi connectivity index (χ0n) is 8.44. The third-order valence-corrected chi connectivity index (χ3v) is 3.67. The minimum absolute atomic E-state index is 0.308. The summed E-state index contributed by atoms with van der Waals surface area (Å²) in [6.45, 7) is 4.44. The molecule has 1 aliphatic heterocycles. The zero-order valence-corrected chi connectivity index (χ0v) is 9.26. The molecular weight excluding hydrogens is 196 g/mol. The van der Waals surface area contributed by atoms with Gasteiger partial charge in [0.2, 0.25) is 0 Å². The third-order valence-electron chi connectivity index (χ3n) is 2.72. The summed E-state index contributed by atoms with van der Waals surface area (Å²) >= 11 is 1.72. The van der Waals surface area contributed by atoms with Crippen LogP contribution in [0.3, 0.4) is 0 Å². The van der Waals surface area contributed by atoms with Crippen LogP contribution < -0.4 is 4.90 Å². The zero-order chi connectivity index (χ0) is 9.97. The molecule has 78 valence electrons. The predicted molar refractivity (Wildman–Crippen MR) is 58.9 cm³/mol. The monoisotopic (exact) mass is 212 g/mol. The van der Waals surface area contributed by atoms with Crippen LogP contribution in [0, 0.1) is 5.92 Å². The second kappa shape index (κ2) is 4.28. The molecule has 1 unspecified atom stereocenters. The fourth-order valence-electron chi connectivity index (χ4n) is 1.76. The molecule has 1 atom stereocenters. The largest absolute Gasteiger partial charge is 0.396 e. The van der Waals surface area contributed by atoms with E-state index in [1.165, 1.54) is 5.69 Å². The Balaban J connectivity index is 2.02. The summed E-state index contributed by atoms with van der Waals surface area (Å²) in [6, 6.07) is 0. The van der Waals surface area contributed by atoms with Gasteiger partial charge in [-0.2, -0.15) is 0 Å². The first-order valence-electron chi connectivity index (χ1n) is 5.13. The average molecular weight is 212 g/mol. The Labute approximate surface area is 88.4 Å². The van der Waals surface area contributed by atoms with Crippen LogP contribution in [0.15, 0.2) is 5.38 Å². The topological polar surface area (TPSA) is 36.4 Å². The molecule has 3 nitrogen and oxygen atoms in total. The van der Waals surface area contributed by atoms with Crippen LogP contribution in [-0.4, -0.2) is 29.8 Å². The third kappa shape index (κ3) is 1.91. The van der Waals surface area contributed by atoms with Gasteiger partial charge in [-0.15, -0.1) is 11.3 Å². The first kappa shape index (κ1) is 9.93. The van der Waals surface area contributed by atoms with E-state index in [-0.39, 0.29) is 0 Å². The van der Waals surface area contributed by atoms with Crippen LogP contribution in [0.2, 0.25) is 0 Å². The molecule has 4 heteroatoms. The predicted octanol–water partition coefficient (Wildman–Crippen LogP) is 1.52. The minimum Gasteiger partial charge on any atom is -0.396 e. The van der Waals surface area contributed by atoms with Gasteiger partial charge in [-0.3, -0.25) is 0 Å². The van der Waals surface area contributed by atoms with Gasteiger partial charge in [-0.25, -0.2) is 4.98 Å². The van der Waals surface area contributed by atoms with E-state index in [4.69, 9.17) is 5.11 Å². The quantitative estimate of drug-likeness (QED) is 0.825. The lowest BCUT2D eigenvalue weighted by Crippen LogP contribution is -2.20. The normalized spacial score (nSPS) is 21.9. The van der Waals surface area contributed by atoms with Gasteiger partial charge in [0.05, 0.1) is 5.69 Å². The van der Waals surface area contributed by atoms with Crippen LogP contribution in [0.1, 0.15) is 19.0 Å². The van der Waals surface area contributed by atoms with Gasteiger partial charge >= 0.3 is 0 Å². The molecule has 0 aromatic carbocycles. The SMILES string of the molecule is CCc1csc(N2CCC(CO)C2)n1. The number of anilines is 1. The van der Waals surface area contributed by atoms with Gasteiger partial charge < -0.3 is 10.0 Å². The number of aromatic nitrogens is 1. The molecule has 1 N–H and O–H groups in total. The van der Waals surface area contributed by atoms with Gasteiger partial charge in [0.1, 0.15) is 0 Å². The summed E-state index contributed by atoms with van der Waals surface area (Å²) in [6.07, 6.45) is 2.10. The van der Waals surface area contributed by atoms with Crippen LogP contribution >= 0.6 is 11.3 Å². The number of rotatable bonds is 3. The van der Waals surface area contributed by atoms with Crippen molar-refractivity contribution in [3.05, 3.63) is 11.1 Å². The number of hydrogen-bond acceptors (Lipinski definition) is 4. The van der Waals surface area contributed by atoms with Crippen molar-refractivity contribution in [1.82, 2.24) is 4.98 Å². The molecule has 2 rings (SSSR count). The van der Waals surface area contributed by atoms with E-state index in [0.717, 1.165) is 31.1 Å². The average Bonchev–Trinajstić information content (AvgIpc) is 2.86. The van der Waals surface area contributed by atoms with Crippen LogP contribution in [-0.2, 0) is 6.42 Å². The summed E-state index contributed by atoms with van der Waals surface area (Å²) in [5.41, 5.74) is 1.18. The highest BCUT2D eigenvalue weighted by atomic mass is 32.1. The van der Waals surface area contributed by atoms with E-state index < -0.39 is 0 Å². The molecule has 1 aromatic rings. The molecule has 0 aliphatic carbocycles. The van der Waals surface area contributed by atoms with E-state index in [0.29, 0.717) is 12.5 Å². The number of thiazole rings is 1. The Bertz CT molecular complexity index is 300. The van der Waals surface area contributed by atoms with Gasteiger partial charge in [0, 0.05) is 31.0 Å². The highest BCUT2D eigenvalue weighted by Gasteiger charge is 2.23. The van der Waals surface area contributed by atoms with Crippen molar-refractivity contribution in [1.29, 1.82) is 0 Å². The van der Waals surface area contributed by atoms with Crippen LogP contribution in [0.5, 0.6) is 0 Å². The molecule has 0 saturated carbocycles. The molecule has 1 saturated heterocycles.